The van der Waals surface area contributed by atoms with Crippen LogP contribution in [0.25, 0.3) is 0 Å². The summed E-state index contributed by atoms with van der Waals surface area (Å²) < 4.78 is 5.90. The summed E-state index contributed by atoms with van der Waals surface area (Å²) in [5, 5.41) is 15.6. The molecule has 0 aliphatic heterocycles. The molecule has 2 heterocycles. The summed E-state index contributed by atoms with van der Waals surface area (Å²) in [6.07, 6.45) is 2.83. The molecular weight excluding hydrogens is 440 g/mol. The second kappa shape index (κ2) is 9.59. The summed E-state index contributed by atoms with van der Waals surface area (Å²) in [5.74, 6) is -0.357. The van der Waals surface area contributed by atoms with Gasteiger partial charge in [0.25, 0.3) is 0 Å². The Morgan fingerprint density at radius 3 is 2.80 bits per heavy atom. The Morgan fingerprint density at radius 2 is 2.00 bits per heavy atom. The first-order valence-corrected chi connectivity index (χ1v) is 12.2. The molecule has 3 aromatic rings. The molecule has 1 aromatic carbocycles. The van der Waals surface area contributed by atoms with Gasteiger partial charge in [0, 0.05) is 10.6 Å². The zero-order chi connectivity index (χ0) is 20.9. The molecule has 0 radical (unpaired) electrons. The molecule has 0 saturated carbocycles. The molecule has 7 nitrogen and oxygen atoms in total. The molecule has 10 heteroatoms. The molecule has 4 rings (SSSR count). The third-order valence-corrected chi connectivity index (χ3v) is 7.59. The highest BCUT2D eigenvalue weighted by Crippen LogP contribution is 2.39. The van der Waals surface area contributed by atoms with Crippen molar-refractivity contribution in [3.8, 4) is 0 Å². The van der Waals surface area contributed by atoms with Crippen molar-refractivity contribution in [2.75, 3.05) is 23.0 Å². The highest BCUT2D eigenvalue weighted by Gasteiger charge is 2.28. The van der Waals surface area contributed by atoms with Crippen LogP contribution in [-0.4, -0.2) is 34.4 Å². The number of carbonyl (C=O) groups is 2. The van der Waals surface area contributed by atoms with Crippen LogP contribution in [0.5, 0.6) is 0 Å². The van der Waals surface area contributed by atoms with E-state index >= 15 is 0 Å². The van der Waals surface area contributed by atoms with Gasteiger partial charge >= 0.3 is 5.97 Å². The van der Waals surface area contributed by atoms with E-state index in [4.69, 9.17) is 4.74 Å². The van der Waals surface area contributed by atoms with Crippen molar-refractivity contribution in [3.05, 3.63) is 46.3 Å². The number of aromatic nitrogens is 2. The van der Waals surface area contributed by atoms with Gasteiger partial charge in [-0.05, 0) is 43.9 Å². The van der Waals surface area contributed by atoms with Crippen LogP contribution in [0.1, 0.15) is 34.1 Å². The third-order valence-electron chi connectivity index (χ3n) is 4.41. The monoisotopic (exact) mass is 460 g/mol. The molecule has 156 valence electrons. The number of aryl methyl sites for hydroxylation is 1. The number of para-hydroxylation sites is 1. The summed E-state index contributed by atoms with van der Waals surface area (Å²) >= 11 is 4.18. The molecule has 2 aromatic heterocycles. The fourth-order valence-corrected chi connectivity index (χ4v) is 6.03. The van der Waals surface area contributed by atoms with Gasteiger partial charge in [-0.3, -0.25) is 4.79 Å². The van der Waals surface area contributed by atoms with Crippen LogP contribution in [0.3, 0.4) is 0 Å². The van der Waals surface area contributed by atoms with Gasteiger partial charge in [-0.1, -0.05) is 41.3 Å². The molecule has 0 spiro atoms. The number of esters is 1. The van der Waals surface area contributed by atoms with Crippen LogP contribution in [0.15, 0.2) is 34.7 Å². The van der Waals surface area contributed by atoms with E-state index in [0.29, 0.717) is 26.6 Å². The van der Waals surface area contributed by atoms with Gasteiger partial charge in [0.05, 0.1) is 17.9 Å². The lowest BCUT2D eigenvalue weighted by atomic mass is 10.1. The van der Waals surface area contributed by atoms with Crippen molar-refractivity contribution < 1.29 is 14.3 Å². The molecule has 1 aliphatic rings. The van der Waals surface area contributed by atoms with Gasteiger partial charge in [-0.15, -0.1) is 21.5 Å². The standard InChI is InChI=1S/C20H20N4O3S3/c1-2-27-18(26)16-13-9-6-10-14(13)29-17(16)22-15(25)11-28-20-24-23-19(30-20)21-12-7-4-3-5-8-12/h3-5,7-8H,2,6,9-11H2,1H3,(H,21,23)(H,22,25). The molecule has 2 N–H and O–H groups in total. The normalized spacial score (nSPS) is 12.4. The lowest BCUT2D eigenvalue weighted by Gasteiger charge is -2.07. The van der Waals surface area contributed by atoms with Gasteiger partial charge < -0.3 is 15.4 Å². The van der Waals surface area contributed by atoms with Gasteiger partial charge in [-0.25, -0.2) is 4.79 Å². The number of fused-ring (bicyclic) bond motifs is 1. The average molecular weight is 461 g/mol. The van der Waals surface area contributed by atoms with E-state index in [0.717, 1.165) is 30.5 Å². The highest BCUT2D eigenvalue weighted by molar-refractivity contribution is 8.01. The number of hydrogen-bond acceptors (Lipinski definition) is 9. The number of rotatable bonds is 8. The third kappa shape index (κ3) is 4.82. The van der Waals surface area contributed by atoms with E-state index in [9.17, 15) is 9.59 Å². The lowest BCUT2D eigenvalue weighted by Crippen LogP contribution is -2.16. The molecule has 0 saturated heterocycles. The average Bonchev–Trinajstić information content (AvgIpc) is 3.43. The Labute approximate surface area is 186 Å². The van der Waals surface area contributed by atoms with Crippen LogP contribution in [-0.2, 0) is 22.4 Å². The Hall–Kier alpha value is -2.43. The number of nitrogens with one attached hydrogen (secondary N) is 2. The summed E-state index contributed by atoms with van der Waals surface area (Å²) in [6, 6.07) is 9.71. The van der Waals surface area contributed by atoms with Crippen LogP contribution >= 0.6 is 34.4 Å². The quantitative estimate of drug-likeness (QED) is 0.370. The summed E-state index contributed by atoms with van der Waals surface area (Å²) in [4.78, 5) is 26.1. The predicted molar refractivity (Wildman–Crippen MR) is 121 cm³/mol. The fourth-order valence-electron chi connectivity index (χ4n) is 3.17. The smallest absolute Gasteiger partial charge is 0.341 e. The second-order valence-corrected chi connectivity index (χ2v) is 9.79. The van der Waals surface area contributed by atoms with Gasteiger partial charge in [0.15, 0.2) is 4.34 Å². The molecule has 0 unspecified atom stereocenters. The maximum atomic E-state index is 12.5. The molecule has 0 bridgehead atoms. The lowest BCUT2D eigenvalue weighted by molar-refractivity contribution is -0.113. The van der Waals surface area contributed by atoms with Gasteiger partial charge in [-0.2, -0.15) is 0 Å². The minimum atomic E-state index is -0.361. The Balaban J connectivity index is 1.36. The van der Waals surface area contributed by atoms with Crippen LogP contribution in [0.2, 0.25) is 0 Å². The predicted octanol–water partition coefficient (Wildman–Crippen LogP) is 4.74. The zero-order valence-electron chi connectivity index (χ0n) is 16.3. The van der Waals surface area contributed by atoms with Crippen molar-refractivity contribution in [2.45, 2.75) is 30.5 Å². The number of amides is 1. The van der Waals surface area contributed by atoms with E-state index in [1.165, 1.54) is 39.3 Å². The van der Waals surface area contributed by atoms with E-state index < -0.39 is 0 Å². The van der Waals surface area contributed by atoms with Gasteiger partial charge in [0.1, 0.15) is 5.00 Å². The van der Waals surface area contributed by atoms with Crippen molar-refractivity contribution >= 4 is 62.1 Å². The fraction of sp³-hybridized carbons (Fsp3) is 0.300. The first-order chi connectivity index (χ1) is 14.6. The Bertz CT molecular complexity index is 1050. The number of carbonyl (C=O) groups excluding carboxylic acids is 2. The highest BCUT2D eigenvalue weighted by atomic mass is 32.2. The number of benzene rings is 1. The summed E-state index contributed by atoms with van der Waals surface area (Å²) in [6.45, 7) is 2.09. The summed E-state index contributed by atoms with van der Waals surface area (Å²) in [5.41, 5.74) is 2.49. The number of thioether (sulfide) groups is 1. The first kappa shape index (κ1) is 20.8. The molecular formula is C20H20N4O3S3. The number of anilines is 3. The first-order valence-electron chi connectivity index (χ1n) is 9.54. The molecule has 30 heavy (non-hydrogen) atoms. The number of thiophene rings is 1. The van der Waals surface area contributed by atoms with Crippen LogP contribution in [0, 0.1) is 0 Å². The van der Waals surface area contributed by atoms with E-state index in [1.807, 2.05) is 30.3 Å². The molecule has 1 aliphatic carbocycles. The minimum absolute atomic E-state index is 0.182. The van der Waals surface area contributed by atoms with Crippen molar-refractivity contribution in [1.29, 1.82) is 0 Å². The largest absolute Gasteiger partial charge is 0.462 e. The van der Waals surface area contributed by atoms with E-state index in [2.05, 4.69) is 20.8 Å². The Morgan fingerprint density at radius 1 is 1.17 bits per heavy atom. The van der Waals surface area contributed by atoms with Crippen LogP contribution < -0.4 is 10.6 Å². The zero-order valence-corrected chi connectivity index (χ0v) is 18.7. The molecule has 1 amide bonds. The number of ether oxygens (including phenoxy) is 1. The van der Waals surface area contributed by atoms with Crippen molar-refractivity contribution in [2.24, 2.45) is 0 Å². The summed E-state index contributed by atoms with van der Waals surface area (Å²) in [7, 11) is 0. The maximum absolute atomic E-state index is 12.5. The molecule has 0 fully saturated rings. The van der Waals surface area contributed by atoms with E-state index in [-0.39, 0.29) is 17.6 Å². The Kier molecular flexibility index (Phi) is 6.66. The number of nitrogens with zero attached hydrogens (tertiary/aromatic N) is 2. The molecule has 0 atom stereocenters. The van der Waals surface area contributed by atoms with Crippen molar-refractivity contribution in [3.63, 3.8) is 0 Å². The van der Waals surface area contributed by atoms with Crippen LogP contribution in [0.4, 0.5) is 15.8 Å². The van der Waals surface area contributed by atoms with Crippen molar-refractivity contribution in [1.82, 2.24) is 10.2 Å². The minimum Gasteiger partial charge on any atom is -0.462 e. The number of hydrogen-bond donors (Lipinski definition) is 2. The van der Waals surface area contributed by atoms with E-state index in [1.54, 1.807) is 6.92 Å². The maximum Gasteiger partial charge on any atom is 0.341 e. The topological polar surface area (TPSA) is 93.2 Å². The van der Waals surface area contributed by atoms with Gasteiger partial charge in [0.2, 0.25) is 11.0 Å². The SMILES string of the molecule is CCOC(=O)c1c(NC(=O)CSc2nnc(Nc3ccccc3)s2)sc2c1CCC2. The second-order valence-electron chi connectivity index (χ2n) is 6.48.